The van der Waals surface area contributed by atoms with Gasteiger partial charge in [0.2, 0.25) is 5.91 Å². The Hall–Kier alpha value is -2.56. The summed E-state index contributed by atoms with van der Waals surface area (Å²) in [5.74, 6) is -0.171. The Balaban J connectivity index is 1.96. The van der Waals surface area contributed by atoms with E-state index in [9.17, 15) is 9.59 Å². The summed E-state index contributed by atoms with van der Waals surface area (Å²) in [4.78, 5) is 23.5. The molecule has 0 fully saturated rings. The first-order valence-corrected chi connectivity index (χ1v) is 6.38. The zero-order valence-electron chi connectivity index (χ0n) is 11.3. The minimum Gasteiger partial charge on any atom is -0.397 e. The molecule has 1 aromatic carbocycles. The van der Waals surface area contributed by atoms with Gasteiger partial charge in [-0.05, 0) is 30.7 Å². The van der Waals surface area contributed by atoms with Crippen molar-refractivity contribution in [3.8, 4) is 0 Å². The normalized spacial score (nSPS) is 10.2. The molecule has 1 heterocycles. The maximum Gasteiger partial charge on any atom is 0.250 e. The number of nitrogen functional groups attached to an aromatic ring is 1. The molecule has 0 saturated carbocycles. The Bertz CT molecular complexity index is 677. The number of anilines is 2. The van der Waals surface area contributed by atoms with Gasteiger partial charge in [0.15, 0.2) is 0 Å². The molecule has 0 aliphatic carbocycles. The van der Waals surface area contributed by atoms with Gasteiger partial charge in [-0.2, -0.15) is 0 Å². The van der Waals surface area contributed by atoms with Gasteiger partial charge in [-0.3, -0.25) is 9.59 Å². The van der Waals surface area contributed by atoms with E-state index in [1.807, 2.05) is 13.0 Å². The van der Waals surface area contributed by atoms with Gasteiger partial charge in [-0.1, -0.05) is 12.1 Å². The number of amides is 1. The number of rotatable bonds is 4. The number of para-hydroxylation sites is 2. The maximum atomic E-state index is 11.8. The highest BCUT2D eigenvalue weighted by Crippen LogP contribution is 2.16. The Kier molecular flexibility index (Phi) is 4.20. The van der Waals surface area contributed by atoms with Gasteiger partial charge < -0.3 is 15.6 Å². The van der Waals surface area contributed by atoms with Crippen molar-refractivity contribution in [2.45, 2.75) is 19.9 Å². The molecule has 2 rings (SSSR count). The lowest BCUT2D eigenvalue weighted by atomic mass is 10.2. The second kappa shape index (κ2) is 6.06. The molecule has 20 heavy (non-hydrogen) atoms. The fourth-order valence-corrected chi connectivity index (χ4v) is 1.84. The summed E-state index contributed by atoms with van der Waals surface area (Å²) in [6.07, 6.45) is 1.92. The lowest BCUT2D eigenvalue weighted by molar-refractivity contribution is -0.116. The number of carbonyl (C=O) groups excluding carboxylic acids is 1. The van der Waals surface area contributed by atoms with Crippen molar-refractivity contribution in [2.75, 3.05) is 11.1 Å². The molecule has 0 saturated heterocycles. The Morgan fingerprint density at radius 2 is 2.05 bits per heavy atom. The molecule has 3 N–H and O–H groups in total. The zero-order chi connectivity index (χ0) is 14.5. The highest BCUT2D eigenvalue weighted by molar-refractivity contribution is 5.93. The highest BCUT2D eigenvalue weighted by Gasteiger charge is 2.05. The molecule has 0 radical (unpaired) electrons. The third-order valence-corrected chi connectivity index (χ3v) is 2.97. The molecule has 0 spiro atoms. The molecule has 0 aliphatic heterocycles. The van der Waals surface area contributed by atoms with Crippen molar-refractivity contribution in [2.24, 2.45) is 0 Å². The summed E-state index contributed by atoms with van der Waals surface area (Å²) < 4.78 is 1.51. The van der Waals surface area contributed by atoms with Gasteiger partial charge >= 0.3 is 0 Å². The first kappa shape index (κ1) is 13.9. The van der Waals surface area contributed by atoms with Crippen LogP contribution < -0.4 is 16.6 Å². The van der Waals surface area contributed by atoms with Gasteiger partial charge in [0.1, 0.15) is 0 Å². The third kappa shape index (κ3) is 3.47. The van der Waals surface area contributed by atoms with Crippen molar-refractivity contribution < 1.29 is 4.79 Å². The predicted molar refractivity (Wildman–Crippen MR) is 79.5 cm³/mol. The lowest BCUT2D eigenvalue weighted by Gasteiger charge is -2.09. The number of benzene rings is 1. The van der Waals surface area contributed by atoms with Gasteiger partial charge in [0, 0.05) is 25.2 Å². The van der Waals surface area contributed by atoms with E-state index >= 15 is 0 Å². The van der Waals surface area contributed by atoms with Crippen LogP contribution >= 0.6 is 0 Å². The molecular weight excluding hydrogens is 254 g/mol. The van der Waals surface area contributed by atoms with Gasteiger partial charge in [0.25, 0.3) is 5.56 Å². The molecular formula is C15H17N3O2. The highest BCUT2D eigenvalue weighted by atomic mass is 16.1. The van der Waals surface area contributed by atoms with Crippen molar-refractivity contribution in [3.05, 3.63) is 58.5 Å². The van der Waals surface area contributed by atoms with Crippen LogP contribution in [0, 0.1) is 6.92 Å². The van der Waals surface area contributed by atoms with Gasteiger partial charge in [0.05, 0.1) is 11.4 Å². The number of aryl methyl sites for hydroxylation is 2. The Morgan fingerprint density at radius 1 is 1.30 bits per heavy atom. The molecule has 5 nitrogen and oxygen atoms in total. The van der Waals surface area contributed by atoms with E-state index < -0.39 is 0 Å². The van der Waals surface area contributed by atoms with Crippen LogP contribution in [-0.2, 0) is 11.3 Å². The Morgan fingerprint density at radius 3 is 2.75 bits per heavy atom. The SMILES string of the molecule is Cc1ccn(CCC(=O)Nc2ccccc2N)c(=O)c1. The molecule has 0 atom stereocenters. The monoisotopic (exact) mass is 271 g/mol. The van der Waals surface area contributed by atoms with E-state index in [0.29, 0.717) is 17.9 Å². The summed E-state index contributed by atoms with van der Waals surface area (Å²) in [5, 5.41) is 2.73. The number of hydrogen-bond donors (Lipinski definition) is 2. The van der Waals surface area contributed by atoms with Crippen LogP contribution in [0.5, 0.6) is 0 Å². The standard InChI is InChI=1S/C15H17N3O2/c1-11-6-8-18(15(20)10-11)9-7-14(19)17-13-5-3-2-4-12(13)16/h2-6,8,10H,7,9,16H2,1H3,(H,17,19). The second-order valence-electron chi connectivity index (χ2n) is 4.62. The Labute approximate surface area is 117 Å². The molecule has 5 heteroatoms. The quantitative estimate of drug-likeness (QED) is 0.832. The first-order chi connectivity index (χ1) is 9.56. The zero-order valence-corrected chi connectivity index (χ0v) is 11.3. The fourth-order valence-electron chi connectivity index (χ4n) is 1.84. The minimum absolute atomic E-state index is 0.1000. The number of nitrogens with two attached hydrogens (primary N) is 1. The molecule has 104 valence electrons. The molecule has 0 aliphatic rings. The summed E-state index contributed by atoms with van der Waals surface area (Å²) in [6.45, 7) is 2.20. The smallest absolute Gasteiger partial charge is 0.250 e. The van der Waals surface area contributed by atoms with Crippen molar-refractivity contribution in [3.63, 3.8) is 0 Å². The first-order valence-electron chi connectivity index (χ1n) is 6.38. The van der Waals surface area contributed by atoms with E-state index in [1.165, 1.54) is 4.57 Å². The predicted octanol–water partition coefficient (Wildman–Crippen LogP) is 1.77. The summed E-state index contributed by atoms with van der Waals surface area (Å²) in [7, 11) is 0. The van der Waals surface area contributed by atoms with Crippen LogP contribution in [0.4, 0.5) is 11.4 Å². The van der Waals surface area contributed by atoms with E-state index in [-0.39, 0.29) is 17.9 Å². The molecule has 1 aromatic heterocycles. The second-order valence-corrected chi connectivity index (χ2v) is 4.62. The van der Waals surface area contributed by atoms with Crippen LogP contribution in [0.3, 0.4) is 0 Å². The van der Waals surface area contributed by atoms with Crippen LogP contribution in [0.2, 0.25) is 0 Å². The van der Waals surface area contributed by atoms with Gasteiger partial charge in [-0.25, -0.2) is 0 Å². The summed E-state index contributed by atoms with van der Waals surface area (Å²) in [5.41, 5.74) is 7.67. The van der Waals surface area contributed by atoms with Crippen LogP contribution in [0.15, 0.2) is 47.4 Å². The van der Waals surface area contributed by atoms with Crippen LogP contribution in [-0.4, -0.2) is 10.5 Å². The van der Waals surface area contributed by atoms with Crippen molar-refractivity contribution in [1.82, 2.24) is 4.57 Å². The topological polar surface area (TPSA) is 77.1 Å². The van der Waals surface area contributed by atoms with E-state index in [4.69, 9.17) is 5.73 Å². The minimum atomic E-state index is -0.171. The number of aromatic nitrogens is 1. The van der Waals surface area contributed by atoms with Crippen LogP contribution in [0.1, 0.15) is 12.0 Å². The third-order valence-electron chi connectivity index (χ3n) is 2.97. The molecule has 2 aromatic rings. The number of nitrogens with zero attached hydrogens (tertiary/aromatic N) is 1. The van der Waals surface area contributed by atoms with E-state index in [0.717, 1.165) is 5.56 Å². The maximum absolute atomic E-state index is 11.8. The van der Waals surface area contributed by atoms with Crippen molar-refractivity contribution in [1.29, 1.82) is 0 Å². The molecule has 0 unspecified atom stereocenters. The van der Waals surface area contributed by atoms with Crippen molar-refractivity contribution >= 4 is 17.3 Å². The fraction of sp³-hybridized carbons (Fsp3) is 0.200. The van der Waals surface area contributed by atoms with Gasteiger partial charge in [-0.15, -0.1) is 0 Å². The largest absolute Gasteiger partial charge is 0.397 e. The number of carbonyl (C=O) groups is 1. The number of hydrogen-bond acceptors (Lipinski definition) is 3. The average molecular weight is 271 g/mol. The lowest BCUT2D eigenvalue weighted by Crippen LogP contribution is -2.22. The molecule has 0 bridgehead atoms. The summed E-state index contributed by atoms with van der Waals surface area (Å²) >= 11 is 0. The summed E-state index contributed by atoms with van der Waals surface area (Å²) in [6, 6.07) is 10.5. The van der Waals surface area contributed by atoms with E-state index in [2.05, 4.69) is 5.32 Å². The average Bonchev–Trinajstić information content (AvgIpc) is 2.40. The number of nitrogens with one attached hydrogen (secondary N) is 1. The van der Waals surface area contributed by atoms with Crippen LogP contribution in [0.25, 0.3) is 0 Å². The molecule has 1 amide bonds. The van der Waals surface area contributed by atoms with E-state index in [1.54, 1.807) is 36.5 Å². The number of pyridine rings is 1.